The van der Waals surface area contributed by atoms with Crippen LogP contribution in [0.4, 0.5) is 5.69 Å². The Labute approximate surface area is 109 Å². The van der Waals surface area contributed by atoms with Crippen LogP contribution in [-0.2, 0) is 10.0 Å². The van der Waals surface area contributed by atoms with E-state index >= 15 is 0 Å². The maximum absolute atomic E-state index is 11.5. The molecule has 0 radical (unpaired) electrons. The Morgan fingerprint density at radius 3 is 2.56 bits per heavy atom. The SMILES string of the molecule is Cc1cc(Cl)nc(Cl)c1NS(=O)(=O)CCCl. The molecule has 0 bridgehead atoms. The average molecular weight is 304 g/mol. The van der Waals surface area contributed by atoms with Crippen LogP contribution in [-0.4, -0.2) is 25.0 Å². The van der Waals surface area contributed by atoms with Gasteiger partial charge < -0.3 is 0 Å². The number of halogens is 3. The minimum Gasteiger partial charge on any atom is -0.280 e. The Bertz CT molecular complexity index is 467. The zero-order valence-electron chi connectivity index (χ0n) is 8.30. The number of anilines is 1. The molecule has 8 heteroatoms. The Morgan fingerprint density at radius 1 is 1.44 bits per heavy atom. The lowest BCUT2D eigenvalue weighted by Gasteiger charge is -2.10. The highest BCUT2D eigenvalue weighted by Gasteiger charge is 2.15. The van der Waals surface area contributed by atoms with Crippen LogP contribution >= 0.6 is 34.8 Å². The van der Waals surface area contributed by atoms with Crippen LogP contribution in [0.15, 0.2) is 6.07 Å². The van der Waals surface area contributed by atoms with Gasteiger partial charge in [-0.2, -0.15) is 0 Å². The van der Waals surface area contributed by atoms with Crippen molar-refractivity contribution in [1.82, 2.24) is 4.98 Å². The first-order valence-corrected chi connectivity index (χ1v) is 7.19. The van der Waals surface area contributed by atoms with E-state index in [1.165, 1.54) is 6.07 Å². The van der Waals surface area contributed by atoms with E-state index in [9.17, 15) is 8.42 Å². The van der Waals surface area contributed by atoms with Gasteiger partial charge in [-0.15, -0.1) is 11.6 Å². The molecule has 1 rings (SSSR count). The van der Waals surface area contributed by atoms with E-state index in [-0.39, 0.29) is 27.6 Å². The zero-order chi connectivity index (χ0) is 12.3. The van der Waals surface area contributed by atoms with Crippen molar-refractivity contribution in [3.63, 3.8) is 0 Å². The number of hydrogen-bond donors (Lipinski definition) is 1. The Morgan fingerprint density at radius 2 is 2.06 bits per heavy atom. The molecule has 0 saturated heterocycles. The number of hydrogen-bond acceptors (Lipinski definition) is 3. The zero-order valence-corrected chi connectivity index (χ0v) is 11.4. The van der Waals surface area contributed by atoms with E-state index in [4.69, 9.17) is 34.8 Å². The first-order valence-electron chi connectivity index (χ1n) is 4.25. The summed E-state index contributed by atoms with van der Waals surface area (Å²) in [5.41, 5.74) is 0.833. The van der Waals surface area contributed by atoms with Gasteiger partial charge in [0, 0.05) is 5.88 Å². The Hall–Kier alpha value is -0.230. The predicted molar refractivity (Wildman–Crippen MR) is 67.1 cm³/mol. The largest absolute Gasteiger partial charge is 0.280 e. The molecule has 1 aromatic heterocycles. The number of aryl methyl sites for hydroxylation is 1. The van der Waals surface area contributed by atoms with Crippen molar-refractivity contribution in [1.29, 1.82) is 0 Å². The number of nitrogens with one attached hydrogen (secondary N) is 1. The summed E-state index contributed by atoms with van der Waals surface area (Å²) in [6.07, 6.45) is 0. The maximum Gasteiger partial charge on any atom is 0.234 e. The van der Waals surface area contributed by atoms with Crippen LogP contribution in [0.3, 0.4) is 0 Å². The highest BCUT2D eigenvalue weighted by molar-refractivity contribution is 7.92. The smallest absolute Gasteiger partial charge is 0.234 e. The first kappa shape index (κ1) is 13.8. The van der Waals surface area contributed by atoms with Crippen LogP contribution in [0, 0.1) is 6.92 Å². The summed E-state index contributed by atoms with van der Waals surface area (Å²) >= 11 is 16.8. The highest BCUT2D eigenvalue weighted by atomic mass is 35.5. The van der Waals surface area contributed by atoms with Gasteiger partial charge in [0.25, 0.3) is 0 Å². The molecule has 0 aliphatic heterocycles. The molecule has 0 spiro atoms. The molecule has 0 amide bonds. The summed E-state index contributed by atoms with van der Waals surface area (Å²) < 4.78 is 25.3. The molecule has 1 N–H and O–H groups in total. The minimum absolute atomic E-state index is 0.00696. The van der Waals surface area contributed by atoms with Gasteiger partial charge in [0.2, 0.25) is 10.0 Å². The number of aromatic nitrogens is 1. The molecule has 0 unspecified atom stereocenters. The Balaban J connectivity index is 3.07. The van der Waals surface area contributed by atoms with Crippen LogP contribution < -0.4 is 4.72 Å². The highest BCUT2D eigenvalue weighted by Crippen LogP contribution is 2.27. The third-order valence-electron chi connectivity index (χ3n) is 1.74. The van der Waals surface area contributed by atoms with Gasteiger partial charge in [0.1, 0.15) is 5.15 Å². The van der Waals surface area contributed by atoms with Crippen molar-refractivity contribution >= 4 is 50.5 Å². The van der Waals surface area contributed by atoms with E-state index < -0.39 is 10.0 Å². The topological polar surface area (TPSA) is 59.1 Å². The van der Waals surface area contributed by atoms with E-state index in [0.717, 1.165) is 0 Å². The fourth-order valence-corrected chi connectivity index (χ4v) is 3.14. The second-order valence-corrected chi connectivity index (χ2v) is 6.00. The maximum atomic E-state index is 11.5. The summed E-state index contributed by atoms with van der Waals surface area (Å²) in [5.74, 6) is -0.181. The fourth-order valence-electron chi connectivity index (χ4n) is 1.03. The van der Waals surface area contributed by atoms with Gasteiger partial charge in [-0.3, -0.25) is 4.72 Å². The van der Waals surface area contributed by atoms with E-state index in [1.807, 2.05) is 0 Å². The second-order valence-electron chi connectivity index (χ2n) is 3.04. The number of alkyl halides is 1. The van der Waals surface area contributed by atoms with Gasteiger partial charge in [-0.25, -0.2) is 13.4 Å². The lowest BCUT2D eigenvalue weighted by Crippen LogP contribution is -2.18. The molecule has 0 aliphatic carbocycles. The summed E-state index contributed by atoms with van der Waals surface area (Å²) in [7, 11) is -3.49. The Kier molecular flexibility index (Phi) is 4.67. The molecule has 1 aromatic rings. The lowest BCUT2D eigenvalue weighted by molar-refractivity contribution is 0.602. The molecule has 0 aliphatic rings. The summed E-state index contributed by atoms with van der Waals surface area (Å²) in [4.78, 5) is 3.75. The van der Waals surface area contributed by atoms with Gasteiger partial charge in [0.15, 0.2) is 5.15 Å². The molecule has 1 heterocycles. The van der Waals surface area contributed by atoms with Crippen molar-refractivity contribution in [2.45, 2.75) is 6.92 Å². The molecule has 0 fully saturated rings. The minimum atomic E-state index is -3.49. The normalized spacial score (nSPS) is 11.5. The van der Waals surface area contributed by atoms with Crippen LogP contribution in [0.1, 0.15) is 5.56 Å². The first-order chi connectivity index (χ1) is 7.35. The predicted octanol–water partition coefficient (Wildman–Crippen LogP) is 2.68. The number of rotatable bonds is 4. The van der Waals surface area contributed by atoms with E-state index in [0.29, 0.717) is 5.56 Å². The van der Waals surface area contributed by atoms with Crippen LogP contribution in [0.5, 0.6) is 0 Å². The third kappa shape index (κ3) is 3.66. The monoisotopic (exact) mass is 302 g/mol. The van der Waals surface area contributed by atoms with Crippen molar-refractivity contribution < 1.29 is 8.42 Å². The number of sulfonamides is 1. The molecule has 4 nitrogen and oxygen atoms in total. The van der Waals surface area contributed by atoms with Gasteiger partial charge in [0.05, 0.1) is 11.4 Å². The average Bonchev–Trinajstić information content (AvgIpc) is 2.11. The summed E-state index contributed by atoms with van der Waals surface area (Å²) in [6, 6.07) is 1.52. The molecule has 0 atom stereocenters. The lowest BCUT2D eigenvalue weighted by atomic mass is 10.3. The van der Waals surface area contributed by atoms with Crippen LogP contribution in [0.25, 0.3) is 0 Å². The molecule has 90 valence electrons. The van der Waals surface area contributed by atoms with E-state index in [2.05, 4.69) is 9.71 Å². The third-order valence-corrected chi connectivity index (χ3v) is 3.88. The van der Waals surface area contributed by atoms with E-state index in [1.54, 1.807) is 6.92 Å². The summed E-state index contributed by atoms with van der Waals surface area (Å²) in [6.45, 7) is 1.68. The van der Waals surface area contributed by atoms with Crippen LogP contribution in [0.2, 0.25) is 10.3 Å². The molecular weight excluding hydrogens is 295 g/mol. The quantitative estimate of drug-likeness (QED) is 0.687. The standard InChI is InChI=1S/C8H9Cl3N2O2S/c1-5-4-6(10)12-8(11)7(5)13-16(14,15)3-2-9/h4,13H,2-3H2,1H3. The van der Waals surface area contributed by atoms with Gasteiger partial charge in [-0.1, -0.05) is 23.2 Å². The van der Waals surface area contributed by atoms with Crippen molar-refractivity contribution in [3.8, 4) is 0 Å². The van der Waals surface area contributed by atoms with Crippen molar-refractivity contribution in [2.75, 3.05) is 16.4 Å². The molecule has 16 heavy (non-hydrogen) atoms. The molecule has 0 saturated carbocycles. The van der Waals surface area contributed by atoms with Gasteiger partial charge >= 0.3 is 0 Å². The second kappa shape index (κ2) is 5.40. The van der Waals surface area contributed by atoms with Crippen molar-refractivity contribution in [3.05, 3.63) is 21.9 Å². The number of pyridine rings is 1. The van der Waals surface area contributed by atoms with Gasteiger partial charge in [-0.05, 0) is 18.6 Å². The number of nitrogens with zero attached hydrogens (tertiary/aromatic N) is 1. The van der Waals surface area contributed by atoms with Crippen molar-refractivity contribution in [2.24, 2.45) is 0 Å². The summed E-state index contributed by atoms with van der Waals surface area (Å²) in [5, 5.41) is 0.228. The molecular formula is C8H9Cl3N2O2S. The molecule has 0 aromatic carbocycles. The fraction of sp³-hybridized carbons (Fsp3) is 0.375.